The Morgan fingerprint density at radius 3 is 2.11 bits per heavy atom. The highest BCUT2D eigenvalue weighted by Gasteiger charge is 1.67. The lowest BCUT2D eigenvalue weighted by atomic mass is 11.1. The third-order valence-electron chi connectivity index (χ3n) is 0.179. The first-order valence-electron chi connectivity index (χ1n) is 1.74. The van der Waals surface area contributed by atoms with Gasteiger partial charge in [-0.15, -0.1) is 4.99 Å². The molecule has 9 heavy (non-hydrogen) atoms. The average Bonchev–Trinajstić information content (AvgIpc) is 1.67. The molecule has 0 aromatic rings. The molecule has 0 rings (SSSR count). The second-order valence-electron chi connectivity index (χ2n) is 0.742. The third kappa shape index (κ3) is 73.7. The molecule has 0 atom stereocenters. The molecule has 0 aliphatic heterocycles. The van der Waals surface area contributed by atoms with Crippen LogP contribution in [-0.2, 0) is 4.79 Å². The van der Waals surface area contributed by atoms with Crippen molar-refractivity contribution in [3.8, 4) is 6.19 Å². The van der Waals surface area contributed by atoms with Crippen LogP contribution in [-0.4, -0.2) is 17.5 Å². The van der Waals surface area contributed by atoms with Gasteiger partial charge >= 0.3 is 0 Å². The first-order valence-corrected chi connectivity index (χ1v) is 1.74. The van der Waals surface area contributed by atoms with Crippen LogP contribution in [0.5, 0.6) is 0 Å². The Morgan fingerprint density at radius 2 is 2.11 bits per heavy atom. The molecule has 6 heteroatoms. The number of guanidine groups is 1. The second kappa shape index (κ2) is 9.52. The van der Waals surface area contributed by atoms with E-state index in [0.29, 0.717) is 0 Å². The minimum absolute atomic E-state index is 0.197. The Kier molecular flexibility index (Phi) is 10.9. The normalized spacial score (nSPS) is 5.22. The molecule has 0 saturated carbocycles. The monoisotopic (exact) mass is 130 g/mol. The van der Waals surface area contributed by atoms with Crippen LogP contribution in [0.4, 0.5) is 0 Å². The van der Waals surface area contributed by atoms with Gasteiger partial charge in [0.05, 0.1) is 0 Å². The predicted molar refractivity (Wildman–Crippen MR) is 30.1 cm³/mol. The molecule has 5 N–H and O–H groups in total. The van der Waals surface area contributed by atoms with Crippen molar-refractivity contribution in [2.45, 2.75) is 0 Å². The molecule has 0 aromatic heterocycles. The average molecular weight is 130 g/mol. The molecule has 0 radical (unpaired) electrons. The zero-order chi connectivity index (χ0) is 7.70. The van der Waals surface area contributed by atoms with E-state index >= 15 is 0 Å². The minimum Gasteiger partial charge on any atom is -0.483 e. The summed E-state index contributed by atoms with van der Waals surface area (Å²) in [6, 6.07) is 0. The van der Waals surface area contributed by atoms with Crippen LogP contribution in [0, 0.1) is 11.5 Å². The Labute approximate surface area is 51.4 Å². The summed E-state index contributed by atoms with van der Waals surface area (Å²) >= 11 is 0. The van der Waals surface area contributed by atoms with E-state index in [4.69, 9.17) is 26.6 Å². The third-order valence-corrected chi connectivity index (χ3v) is 0.179. The summed E-state index contributed by atoms with van der Waals surface area (Å²) in [5.41, 5.74) is 9.42. The summed E-state index contributed by atoms with van der Waals surface area (Å²) in [7, 11) is 0. The quantitative estimate of drug-likeness (QED) is 0.158. The molecule has 0 aliphatic carbocycles. The Balaban J connectivity index is 0. The molecule has 6 nitrogen and oxygen atoms in total. The molecule has 0 amide bonds. The van der Waals surface area contributed by atoms with Crippen molar-refractivity contribution in [2.75, 3.05) is 0 Å². The van der Waals surface area contributed by atoms with Crippen LogP contribution in [0.15, 0.2) is 4.99 Å². The molecule has 0 bridgehead atoms. The molecule has 0 fully saturated rings. The van der Waals surface area contributed by atoms with Gasteiger partial charge in [-0.1, -0.05) is 0 Å². The molecule has 0 aromatic carbocycles. The van der Waals surface area contributed by atoms with Gasteiger partial charge in [0.2, 0.25) is 12.2 Å². The van der Waals surface area contributed by atoms with Crippen LogP contribution in [0.1, 0.15) is 0 Å². The molecule has 0 heterocycles. The van der Waals surface area contributed by atoms with Crippen molar-refractivity contribution in [3.63, 3.8) is 0 Å². The maximum absolute atomic E-state index is 8.36. The van der Waals surface area contributed by atoms with E-state index in [1.807, 2.05) is 0 Å². The summed E-state index contributed by atoms with van der Waals surface area (Å²) in [6.45, 7) is -0.250. The van der Waals surface area contributed by atoms with Crippen LogP contribution >= 0.6 is 0 Å². The molecular weight excluding hydrogens is 124 g/mol. The highest BCUT2D eigenvalue weighted by Crippen LogP contribution is 1.49. The largest absolute Gasteiger partial charge is 0.483 e. The second-order valence-corrected chi connectivity index (χ2v) is 0.742. The van der Waals surface area contributed by atoms with E-state index < -0.39 is 0 Å². The smallest absolute Gasteiger partial charge is 0.290 e. The summed E-state index contributed by atoms with van der Waals surface area (Å²) < 4.78 is 0. The zero-order valence-electron chi connectivity index (χ0n) is 4.48. The van der Waals surface area contributed by atoms with Gasteiger partial charge in [-0.25, -0.2) is 0 Å². The minimum atomic E-state index is -0.250. The van der Waals surface area contributed by atoms with Gasteiger partial charge in [-0.05, 0) is 0 Å². The summed E-state index contributed by atoms with van der Waals surface area (Å²) in [5.74, 6) is -0.197. The number of nitriles is 1. The lowest BCUT2D eigenvalue weighted by Gasteiger charge is -1.74. The molecule has 0 unspecified atom stereocenters. The van der Waals surface area contributed by atoms with E-state index in [1.54, 1.807) is 0 Å². The van der Waals surface area contributed by atoms with Gasteiger partial charge in [-0.3, -0.25) is 4.79 Å². The molecule has 0 saturated heterocycles. The van der Waals surface area contributed by atoms with Crippen LogP contribution in [0.3, 0.4) is 0 Å². The highest BCUT2D eigenvalue weighted by atomic mass is 16.3. The fourth-order valence-corrected chi connectivity index (χ4v) is 0.0577. The Morgan fingerprint density at radius 1 is 1.78 bits per heavy atom. The number of aliphatic imine (C=N–C) groups is 1. The zero-order valence-corrected chi connectivity index (χ0v) is 4.48. The number of rotatable bonds is 0. The van der Waals surface area contributed by atoms with E-state index in [-0.39, 0.29) is 12.4 Å². The summed E-state index contributed by atoms with van der Waals surface area (Å²) in [5, 5.41) is 14.5. The van der Waals surface area contributed by atoms with Crippen molar-refractivity contribution in [2.24, 2.45) is 16.5 Å². The Bertz CT molecular complexity index is 131. The molecular formula is C3H6N4O2. The summed E-state index contributed by atoms with van der Waals surface area (Å²) in [4.78, 5) is 11.3. The standard InChI is InChI=1S/C2H4N4.CH2O2/c3-1-6-2(4)5;2-1-3/h(H4,4,5,6);1H,(H,2,3). The van der Waals surface area contributed by atoms with Gasteiger partial charge in [0.1, 0.15) is 0 Å². The summed E-state index contributed by atoms with van der Waals surface area (Å²) in [6.07, 6.45) is 1.41. The lowest BCUT2D eigenvalue weighted by molar-refractivity contribution is -0.122. The van der Waals surface area contributed by atoms with Crippen molar-refractivity contribution in [1.29, 1.82) is 5.26 Å². The number of carbonyl (C=O) groups is 1. The number of carboxylic acid groups (broad SMARTS) is 1. The van der Waals surface area contributed by atoms with E-state index in [1.165, 1.54) is 6.19 Å². The van der Waals surface area contributed by atoms with Crippen molar-refractivity contribution in [3.05, 3.63) is 0 Å². The van der Waals surface area contributed by atoms with Gasteiger partial charge in [0.25, 0.3) is 6.47 Å². The van der Waals surface area contributed by atoms with Gasteiger partial charge in [-0.2, -0.15) is 5.26 Å². The Hall–Kier alpha value is -1.77. The number of hydrogen-bond donors (Lipinski definition) is 3. The lowest BCUT2D eigenvalue weighted by Crippen LogP contribution is -2.21. The number of hydrogen-bond acceptors (Lipinski definition) is 3. The first kappa shape index (κ1) is 10.3. The SMILES string of the molecule is N#CN=C(N)N.O=CO. The van der Waals surface area contributed by atoms with Gasteiger partial charge in [0.15, 0.2) is 0 Å². The number of nitrogens with two attached hydrogens (primary N) is 2. The maximum atomic E-state index is 8.36. The van der Waals surface area contributed by atoms with E-state index in [2.05, 4.69) is 4.99 Å². The van der Waals surface area contributed by atoms with E-state index in [0.717, 1.165) is 0 Å². The van der Waals surface area contributed by atoms with Crippen LogP contribution in [0.2, 0.25) is 0 Å². The van der Waals surface area contributed by atoms with Gasteiger partial charge < -0.3 is 16.6 Å². The molecule has 0 aliphatic rings. The first-order chi connectivity index (χ1) is 4.18. The van der Waals surface area contributed by atoms with Crippen LogP contribution < -0.4 is 11.5 Å². The predicted octanol–water partition coefficient (Wildman–Crippen LogP) is -1.56. The van der Waals surface area contributed by atoms with Crippen molar-refractivity contribution >= 4 is 12.4 Å². The maximum Gasteiger partial charge on any atom is 0.290 e. The fraction of sp³-hybridized carbons (Fsp3) is 0. The number of nitrogens with zero attached hydrogens (tertiary/aromatic N) is 2. The fourth-order valence-electron chi connectivity index (χ4n) is 0.0577. The van der Waals surface area contributed by atoms with Crippen LogP contribution in [0.25, 0.3) is 0 Å². The highest BCUT2D eigenvalue weighted by molar-refractivity contribution is 5.76. The van der Waals surface area contributed by atoms with Gasteiger partial charge in [0, 0.05) is 0 Å². The van der Waals surface area contributed by atoms with Crippen molar-refractivity contribution < 1.29 is 9.90 Å². The van der Waals surface area contributed by atoms with Crippen molar-refractivity contribution in [1.82, 2.24) is 0 Å². The van der Waals surface area contributed by atoms with E-state index in [9.17, 15) is 0 Å². The molecule has 0 spiro atoms. The molecule has 50 valence electrons. The topological polar surface area (TPSA) is 125 Å².